The van der Waals surface area contributed by atoms with E-state index in [1.54, 1.807) is 0 Å². The average molecular weight is 650 g/mol. The van der Waals surface area contributed by atoms with Crippen LogP contribution in [0.1, 0.15) is 24.5 Å². The maximum atomic E-state index is 13.1. The Morgan fingerprint density at radius 1 is 1.02 bits per heavy atom. The Kier molecular flexibility index (Phi) is 9.78. The first-order valence-corrected chi connectivity index (χ1v) is 14.9. The van der Waals surface area contributed by atoms with Crippen LogP contribution in [-0.2, 0) is 51.7 Å². The number of carbonyl (C=O) groups excluding carboxylic acids is 3. The summed E-state index contributed by atoms with van der Waals surface area (Å²) in [5.74, 6) is -3.32. The van der Waals surface area contributed by atoms with Crippen LogP contribution < -0.4 is 0 Å². The standard InChI is InChI=1S/C26H23N3O13S2/c1-15(42-44(37,38)39)23-20-12-21(43-11-10-22(30)40-13-16-2-6-18(7-3-16)28(33)34)24(27(20)25(23)31)26(32)41-14-17-4-8-19(9-5-17)29(35)36/h2-11,15,20,23H,12-14H2,1H3,(H,37,38,39)/b11-10-/t15-,20+,23-/m0/s1. The van der Waals surface area contributed by atoms with Gasteiger partial charge in [-0.3, -0.25) is 29.6 Å². The molecule has 2 aromatic rings. The second kappa shape index (κ2) is 13.3. The van der Waals surface area contributed by atoms with Gasteiger partial charge in [0.1, 0.15) is 18.9 Å². The van der Waals surface area contributed by atoms with E-state index in [0.29, 0.717) is 16.0 Å². The van der Waals surface area contributed by atoms with Crippen molar-refractivity contribution in [3.05, 3.63) is 102 Å². The van der Waals surface area contributed by atoms with Crippen molar-refractivity contribution in [3.8, 4) is 0 Å². The smallest absolute Gasteiger partial charge is 0.397 e. The van der Waals surface area contributed by atoms with Crippen LogP contribution in [0.15, 0.2) is 70.6 Å². The van der Waals surface area contributed by atoms with Crippen molar-refractivity contribution in [2.24, 2.45) is 5.92 Å². The van der Waals surface area contributed by atoms with E-state index in [1.165, 1.54) is 60.9 Å². The summed E-state index contributed by atoms with van der Waals surface area (Å²) in [5.41, 5.74) is 0.541. The first-order chi connectivity index (χ1) is 20.7. The summed E-state index contributed by atoms with van der Waals surface area (Å²) in [5, 5.41) is 23.0. The SMILES string of the molecule is C[C@H](OS(=O)(=O)O)[C@@H]1C(=O)N2C(C(=O)OCc3ccc([N+](=O)[O-])cc3)=C(S/C=C\C(=O)OCc3ccc([N+](=O)[O-])cc3)C[C@H]12. The van der Waals surface area contributed by atoms with Crippen molar-refractivity contribution >= 4 is 51.4 Å². The Hall–Kier alpha value is -4.65. The number of non-ortho nitro benzene ring substituents is 2. The first kappa shape index (κ1) is 32.3. The van der Waals surface area contributed by atoms with Gasteiger partial charge in [0.05, 0.1) is 27.9 Å². The van der Waals surface area contributed by atoms with Crippen molar-refractivity contribution in [1.29, 1.82) is 0 Å². The molecule has 2 aliphatic heterocycles. The molecule has 1 fully saturated rings. The molecule has 0 bridgehead atoms. The Bertz CT molecular complexity index is 1650. The largest absolute Gasteiger partial charge is 0.458 e. The Balaban J connectivity index is 1.45. The van der Waals surface area contributed by atoms with Crippen LogP contribution in [0.4, 0.5) is 11.4 Å². The Labute approximate surface area is 253 Å². The van der Waals surface area contributed by atoms with Crippen LogP contribution in [0.3, 0.4) is 0 Å². The molecule has 2 aliphatic rings. The number of hydrogen-bond acceptors (Lipinski definition) is 13. The van der Waals surface area contributed by atoms with Crippen molar-refractivity contribution in [1.82, 2.24) is 4.90 Å². The maximum Gasteiger partial charge on any atom is 0.397 e. The number of nitrogens with zero attached hydrogens (tertiary/aromatic N) is 3. The maximum absolute atomic E-state index is 13.1. The lowest BCUT2D eigenvalue weighted by molar-refractivity contribution is -0.385. The number of rotatable bonds is 13. The highest BCUT2D eigenvalue weighted by Crippen LogP contribution is 2.48. The molecule has 44 heavy (non-hydrogen) atoms. The van der Waals surface area contributed by atoms with Gasteiger partial charge >= 0.3 is 22.3 Å². The molecule has 0 saturated carbocycles. The summed E-state index contributed by atoms with van der Waals surface area (Å²) in [6, 6.07) is 9.98. The van der Waals surface area contributed by atoms with E-state index in [-0.39, 0.29) is 36.7 Å². The number of nitro groups is 2. The summed E-state index contributed by atoms with van der Waals surface area (Å²) < 4.78 is 46.5. The van der Waals surface area contributed by atoms with Gasteiger partial charge in [-0.05, 0) is 47.7 Å². The molecule has 0 aliphatic carbocycles. The predicted octanol–water partition coefficient (Wildman–Crippen LogP) is 3.19. The van der Waals surface area contributed by atoms with E-state index in [1.807, 2.05) is 0 Å². The molecule has 2 aromatic carbocycles. The van der Waals surface area contributed by atoms with Gasteiger partial charge in [0.2, 0.25) is 5.91 Å². The summed E-state index contributed by atoms with van der Waals surface area (Å²) in [6.45, 7) is 0.847. The van der Waals surface area contributed by atoms with Crippen molar-refractivity contribution in [2.75, 3.05) is 0 Å². The van der Waals surface area contributed by atoms with Crippen LogP contribution in [0, 0.1) is 26.1 Å². The minimum Gasteiger partial charge on any atom is -0.458 e. The van der Waals surface area contributed by atoms with Gasteiger partial charge in [0.25, 0.3) is 11.4 Å². The summed E-state index contributed by atoms with van der Waals surface area (Å²) in [4.78, 5) is 60.3. The fourth-order valence-electron chi connectivity index (χ4n) is 4.58. The zero-order valence-electron chi connectivity index (χ0n) is 22.6. The molecule has 0 radical (unpaired) electrons. The number of β-lactam (4-membered cyclic amide) rings is 1. The molecule has 4 rings (SSSR count). The highest BCUT2D eigenvalue weighted by atomic mass is 32.3. The molecule has 1 saturated heterocycles. The van der Waals surface area contributed by atoms with Crippen molar-refractivity contribution in [2.45, 2.75) is 38.7 Å². The minimum atomic E-state index is -4.86. The molecule has 0 unspecified atom stereocenters. The van der Waals surface area contributed by atoms with E-state index < -0.39 is 56.2 Å². The normalized spacial score (nSPS) is 18.5. The van der Waals surface area contributed by atoms with Gasteiger partial charge < -0.3 is 14.4 Å². The second-order valence-electron chi connectivity index (χ2n) is 9.46. The molecule has 3 atom stereocenters. The summed E-state index contributed by atoms with van der Waals surface area (Å²) in [6.07, 6.45) is -0.0999. The molecule has 1 N–H and O–H groups in total. The van der Waals surface area contributed by atoms with Gasteiger partial charge in [0, 0.05) is 41.7 Å². The Morgan fingerprint density at radius 3 is 2.05 bits per heavy atom. The first-order valence-electron chi connectivity index (χ1n) is 12.6. The third-order valence-electron chi connectivity index (χ3n) is 6.60. The molecule has 0 spiro atoms. The zero-order chi connectivity index (χ0) is 32.2. The monoisotopic (exact) mass is 649 g/mol. The second-order valence-corrected chi connectivity index (χ2v) is 11.5. The molecule has 232 valence electrons. The molecular weight excluding hydrogens is 626 g/mol. The van der Waals surface area contributed by atoms with Crippen LogP contribution >= 0.6 is 11.8 Å². The number of ether oxygens (including phenoxy) is 2. The van der Waals surface area contributed by atoms with E-state index in [2.05, 4.69) is 4.18 Å². The van der Waals surface area contributed by atoms with Crippen LogP contribution in [0.2, 0.25) is 0 Å². The van der Waals surface area contributed by atoms with Gasteiger partial charge in [-0.2, -0.15) is 8.42 Å². The third kappa shape index (κ3) is 7.64. The number of thioether (sulfide) groups is 1. The summed E-state index contributed by atoms with van der Waals surface area (Å²) >= 11 is 0.924. The molecule has 2 heterocycles. The molecule has 18 heteroatoms. The van der Waals surface area contributed by atoms with Crippen LogP contribution in [0.5, 0.6) is 0 Å². The quantitative estimate of drug-likeness (QED) is 0.0822. The lowest BCUT2D eigenvalue weighted by Gasteiger charge is -2.45. The van der Waals surface area contributed by atoms with E-state index in [4.69, 9.17) is 14.0 Å². The number of nitro benzene ring substituents is 2. The van der Waals surface area contributed by atoms with Crippen LogP contribution in [0.25, 0.3) is 0 Å². The highest BCUT2D eigenvalue weighted by molar-refractivity contribution is 8.05. The topological polar surface area (TPSA) is 223 Å². The third-order valence-corrected chi connectivity index (χ3v) is 8.06. The number of hydrogen-bond donors (Lipinski definition) is 1. The lowest BCUT2D eigenvalue weighted by Crippen LogP contribution is -2.62. The zero-order valence-corrected chi connectivity index (χ0v) is 24.3. The van der Waals surface area contributed by atoms with Crippen molar-refractivity contribution < 1.29 is 50.9 Å². The molecule has 16 nitrogen and oxygen atoms in total. The molecular formula is C26H23N3O13S2. The van der Waals surface area contributed by atoms with E-state index in [9.17, 15) is 43.0 Å². The van der Waals surface area contributed by atoms with E-state index in [0.717, 1.165) is 22.7 Å². The highest BCUT2D eigenvalue weighted by Gasteiger charge is 2.58. The molecule has 1 amide bonds. The number of benzene rings is 2. The number of fused-ring (bicyclic) bond motifs is 1. The Morgan fingerprint density at radius 2 is 1.55 bits per heavy atom. The van der Waals surface area contributed by atoms with Gasteiger partial charge in [-0.1, -0.05) is 11.8 Å². The number of esters is 2. The number of amides is 1. The van der Waals surface area contributed by atoms with Gasteiger partial charge in [-0.25, -0.2) is 13.8 Å². The van der Waals surface area contributed by atoms with Gasteiger partial charge in [0.15, 0.2) is 0 Å². The fourth-order valence-corrected chi connectivity index (χ4v) is 5.99. The van der Waals surface area contributed by atoms with Gasteiger partial charge in [-0.15, -0.1) is 0 Å². The lowest BCUT2D eigenvalue weighted by atomic mass is 9.83. The number of carbonyl (C=O) groups is 3. The van der Waals surface area contributed by atoms with Crippen LogP contribution in [-0.4, -0.2) is 57.7 Å². The fraction of sp³-hybridized carbons (Fsp3) is 0.269. The molecule has 0 aromatic heterocycles. The van der Waals surface area contributed by atoms with Crippen molar-refractivity contribution in [3.63, 3.8) is 0 Å². The average Bonchev–Trinajstić information content (AvgIpc) is 3.28. The minimum absolute atomic E-state index is 0.0738. The summed E-state index contributed by atoms with van der Waals surface area (Å²) in [7, 11) is -4.86. The van der Waals surface area contributed by atoms with E-state index >= 15 is 0 Å². The predicted molar refractivity (Wildman–Crippen MR) is 150 cm³/mol.